The molecular formula is C21H22Ti. The molecule has 110 valence electrons. The van der Waals surface area contributed by atoms with Crippen molar-refractivity contribution in [2.24, 2.45) is 0 Å². The van der Waals surface area contributed by atoms with Crippen molar-refractivity contribution in [2.75, 3.05) is 0 Å². The molecule has 0 aliphatic rings. The first-order chi connectivity index (χ1) is 10.2. The Kier molecular flexibility index (Phi) is 12.1. The van der Waals surface area contributed by atoms with Gasteiger partial charge in [0, 0.05) is 0 Å². The average Bonchev–Trinajstić information content (AvgIpc) is 2.51. The van der Waals surface area contributed by atoms with Crippen LogP contribution in [0.25, 0.3) is 0 Å². The molecular weight excluding hydrogens is 300 g/mol. The van der Waals surface area contributed by atoms with Gasteiger partial charge in [-0.05, 0) is 6.92 Å². The fraction of sp³-hybridized carbons (Fsp3) is 0.143. The third-order valence-corrected chi connectivity index (χ3v) is 2.71. The van der Waals surface area contributed by atoms with Crippen LogP contribution in [0, 0.1) is 32.9 Å². The number of hydrogen-bond donors (Lipinski definition) is 0. The van der Waals surface area contributed by atoms with Gasteiger partial charge in [0.05, 0.1) is 0 Å². The SMILES string of the molecule is Cc1cc[c-]cc1.Cc1cc[c-]cc1.Cc1ccccc1.[Ti+2]. The van der Waals surface area contributed by atoms with Crippen LogP contribution in [0.2, 0.25) is 0 Å². The van der Waals surface area contributed by atoms with Crippen LogP contribution in [0.1, 0.15) is 16.7 Å². The Morgan fingerprint density at radius 1 is 0.500 bits per heavy atom. The Morgan fingerprint density at radius 2 is 0.818 bits per heavy atom. The van der Waals surface area contributed by atoms with Gasteiger partial charge in [-0.15, -0.1) is 0 Å². The van der Waals surface area contributed by atoms with E-state index in [1.165, 1.54) is 16.7 Å². The van der Waals surface area contributed by atoms with E-state index < -0.39 is 0 Å². The van der Waals surface area contributed by atoms with Crippen molar-refractivity contribution in [1.29, 1.82) is 0 Å². The van der Waals surface area contributed by atoms with E-state index >= 15 is 0 Å². The fourth-order valence-corrected chi connectivity index (χ4v) is 1.47. The molecule has 0 saturated carbocycles. The molecule has 3 aromatic rings. The predicted octanol–water partition coefficient (Wildman–Crippen LogP) is 5.58. The molecule has 0 nitrogen and oxygen atoms in total. The number of aryl methyl sites for hydroxylation is 3. The normalized spacial score (nSPS) is 8.32. The van der Waals surface area contributed by atoms with Gasteiger partial charge < -0.3 is 0 Å². The van der Waals surface area contributed by atoms with E-state index in [-0.39, 0.29) is 21.7 Å². The maximum atomic E-state index is 2.93. The Bertz CT molecular complexity index is 485. The van der Waals surface area contributed by atoms with Crippen molar-refractivity contribution in [2.45, 2.75) is 20.8 Å². The summed E-state index contributed by atoms with van der Waals surface area (Å²) in [5, 5.41) is 0. The van der Waals surface area contributed by atoms with Crippen LogP contribution >= 0.6 is 0 Å². The van der Waals surface area contributed by atoms with Gasteiger partial charge in [-0.1, -0.05) is 49.7 Å². The minimum absolute atomic E-state index is 0. The van der Waals surface area contributed by atoms with Crippen molar-refractivity contribution in [3.63, 3.8) is 0 Å². The van der Waals surface area contributed by atoms with Crippen LogP contribution in [-0.4, -0.2) is 0 Å². The second-order valence-electron chi connectivity index (χ2n) is 4.81. The van der Waals surface area contributed by atoms with E-state index in [1.807, 2.05) is 66.7 Å². The van der Waals surface area contributed by atoms with Crippen LogP contribution in [0.5, 0.6) is 0 Å². The standard InChI is InChI=1S/C7H8.2C7H7.Ti/c3*1-7-5-3-2-4-6-7;/h2-6H,1H3;2*3-6H,1H3;/q;2*-1;+2. The summed E-state index contributed by atoms with van der Waals surface area (Å²) in [6.07, 6.45) is 0. The Morgan fingerprint density at radius 3 is 1.00 bits per heavy atom. The average molecular weight is 322 g/mol. The maximum absolute atomic E-state index is 2.93. The van der Waals surface area contributed by atoms with Gasteiger partial charge in [0.15, 0.2) is 0 Å². The molecule has 1 heteroatoms. The molecule has 0 saturated heterocycles. The van der Waals surface area contributed by atoms with Crippen LogP contribution < -0.4 is 0 Å². The van der Waals surface area contributed by atoms with Crippen LogP contribution in [0.15, 0.2) is 78.9 Å². The van der Waals surface area contributed by atoms with Crippen molar-refractivity contribution in [3.8, 4) is 0 Å². The molecule has 0 unspecified atom stereocenters. The monoisotopic (exact) mass is 322 g/mol. The molecule has 0 bridgehead atoms. The van der Waals surface area contributed by atoms with Crippen molar-refractivity contribution in [1.82, 2.24) is 0 Å². The van der Waals surface area contributed by atoms with Gasteiger partial charge in [-0.25, -0.2) is 0 Å². The molecule has 0 heterocycles. The summed E-state index contributed by atoms with van der Waals surface area (Å²) in [5.74, 6) is 0. The van der Waals surface area contributed by atoms with Crippen molar-refractivity contribution in [3.05, 3.63) is 108 Å². The zero-order valence-corrected chi connectivity index (χ0v) is 15.1. The maximum Gasteiger partial charge on any atom is 2.00 e. The van der Waals surface area contributed by atoms with E-state index in [4.69, 9.17) is 0 Å². The Hall–Kier alpha value is -1.63. The van der Waals surface area contributed by atoms with E-state index in [0.717, 1.165) is 0 Å². The minimum Gasteiger partial charge on any atom is -0.184 e. The van der Waals surface area contributed by atoms with Gasteiger partial charge in [0.25, 0.3) is 0 Å². The van der Waals surface area contributed by atoms with Crippen LogP contribution in [-0.2, 0) is 21.7 Å². The molecule has 3 rings (SSSR count). The molecule has 0 radical (unpaired) electrons. The summed E-state index contributed by atoms with van der Waals surface area (Å²) < 4.78 is 0. The zero-order chi connectivity index (χ0) is 15.3. The zero-order valence-electron chi connectivity index (χ0n) is 13.5. The van der Waals surface area contributed by atoms with Crippen molar-refractivity contribution >= 4 is 0 Å². The quantitative estimate of drug-likeness (QED) is 0.374. The summed E-state index contributed by atoms with van der Waals surface area (Å²) in [6.45, 7) is 6.21. The summed E-state index contributed by atoms with van der Waals surface area (Å²) in [6, 6.07) is 31.9. The first-order valence-electron chi connectivity index (χ1n) is 7.05. The Labute approximate surface area is 150 Å². The summed E-state index contributed by atoms with van der Waals surface area (Å²) in [5.41, 5.74) is 3.90. The molecule has 0 aromatic heterocycles. The summed E-state index contributed by atoms with van der Waals surface area (Å²) >= 11 is 0. The molecule has 0 aliphatic heterocycles. The van der Waals surface area contributed by atoms with E-state index in [1.54, 1.807) is 0 Å². The van der Waals surface area contributed by atoms with Gasteiger partial charge in [0.2, 0.25) is 0 Å². The molecule has 0 atom stereocenters. The second-order valence-corrected chi connectivity index (χ2v) is 4.81. The first kappa shape index (κ1) is 20.4. The third kappa shape index (κ3) is 11.1. The van der Waals surface area contributed by atoms with E-state index in [0.29, 0.717) is 0 Å². The van der Waals surface area contributed by atoms with Gasteiger partial charge in [-0.2, -0.15) is 71.8 Å². The largest absolute Gasteiger partial charge is 2.00 e. The van der Waals surface area contributed by atoms with Crippen LogP contribution in [0.4, 0.5) is 0 Å². The molecule has 0 fully saturated rings. The molecule has 3 aromatic carbocycles. The fourth-order valence-electron chi connectivity index (χ4n) is 1.47. The molecule has 0 amide bonds. The van der Waals surface area contributed by atoms with Gasteiger partial charge in [-0.3, -0.25) is 0 Å². The van der Waals surface area contributed by atoms with E-state index in [9.17, 15) is 0 Å². The third-order valence-electron chi connectivity index (χ3n) is 2.71. The number of rotatable bonds is 0. The molecule has 0 aliphatic carbocycles. The summed E-state index contributed by atoms with van der Waals surface area (Å²) in [7, 11) is 0. The van der Waals surface area contributed by atoms with Gasteiger partial charge >= 0.3 is 21.7 Å². The topological polar surface area (TPSA) is 0 Å². The predicted molar refractivity (Wildman–Crippen MR) is 91.2 cm³/mol. The molecule has 22 heavy (non-hydrogen) atoms. The van der Waals surface area contributed by atoms with Crippen molar-refractivity contribution < 1.29 is 21.7 Å². The molecule has 0 spiro atoms. The summed E-state index contributed by atoms with van der Waals surface area (Å²) in [4.78, 5) is 0. The van der Waals surface area contributed by atoms with Crippen LogP contribution in [0.3, 0.4) is 0 Å². The number of hydrogen-bond acceptors (Lipinski definition) is 0. The second kappa shape index (κ2) is 13.1. The smallest absolute Gasteiger partial charge is 0.184 e. The first-order valence-corrected chi connectivity index (χ1v) is 7.05. The van der Waals surface area contributed by atoms with E-state index in [2.05, 4.69) is 45.0 Å². The Balaban J connectivity index is 0.000000294. The van der Waals surface area contributed by atoms with Gasteiger partial charge in [0.1, 0.15) is 0 Å². The number of benzene rings is 3. The molecule has 0 N–H and O–H groups in total. The minimum atomic E-state index is 0.